The molecule has 0 heterocycles. The van der Waals surface area contributed by atoms with E-state index < -0.39 is 5.82 Å². The van der Waals surface area contributed by atoms with E-state index in [2.05, 4.69) is 10.7 Å². The Labute approximate surface area is 95.3 Å². The molecule has 0 aliphatic rings. The zero-order valence-corrected chi connectivity index (χ0v) is 9.10. The van der Waals surface area contributed by atoms with Crippen LogP contribution in [0.3, 0.4) is 0 Å². The fourth-order valence-electron chi connectivity index (χ4n) is 0.795. The summed E-state index contributed by atoms with van der Waals surface area (Å²) in [6.07, 6.45) is 0. The summed E-state index contributed by atoms with van der Waals surface area (Å²) in [5.74, 6) is 4.37. The van der Waals surface area contributed by atoms with Gasteiger partial charge in [-0.15, -0.1) is 0 Å². The molecule has 0 radical (unpaired) electrons. The first kappa shape index (κ1) is 11.5. The van der Waals surface area contributed by atoms with E-state index in [0.29, 0.717) is 5.69 Å². The van der Waals surface area contributed by atoms with Crippen LogP contribution in [0.5, 0.6) is 0 Å². The van der Waals surface area contributed by atoms with Crippen molar-refractivity contribution in [1.29, 1.82) is 0 Å². The quantitative estimate of drug-likeness (QED) is 0.311. The summed E-state index contributed by atoms with van der Waals surface area (Å²) in [7, 11) is 0. The molecule has 1 rings (SSSR count). The molecule has 14 heavy (non-hydrogen) atoms. The van der Waals surface area contributed by atoms with E-state index in [-0.39, 0.29) is 15.2 Å². The van der Waals surface area contributed by atoms with Gasteiger partial charge in [0.15, 0.2) is 10.9 Å². The van der Waals surface area contributed by atoms with E-state index in [0.717, 1.165) is 0 Å². The first-order valence-corrected chi connectivity index (χ1v) is 4.63. The van der Waals surface area contributed by atoms with Crippen molar-refractivity contribution in [2.75, 3.05) is 5.32 Å². The summed E-state index contributed by atoms with van der Waals surface area (Å²) in [6, 6.07) is 2.71. The number of hydrogen-bond donors (Lipinski definition) is 3. The Kier molecular flexibility index (Phi) is 3.88. The highest BCUT2D eigenvalue weighted by Crippen LogP contribution is 2.27. The first-order chi connectivity index (χ1) is 6.54. The molecule has 0 saturated carbocycles. The lowest BCUT2D eigenvalue weighted by Gasteiger charge is -2.08. The molecule has 0 aromatic heterocycles. The summed E-state index contributed by atoms with van der Waals surface area (Å²) >= 11 is 15.8. The molecule has 0 unspecified atom stereocenters. The van der Waals surface area contributed by atoms with Crippen molar-refractivity contribution in [3.8, 4) is 0 Å². The molecule has 0 atom stereocenters. The highest BCUT2D eigenvalue weighted by molar-refractivity contribution is 7.80. The highest BCUT2D eigenvalue weighted by atomic mass is 35.5. The summed E-state index contributed by atoms with van der Waals surface area (Å²) < 4.78 is 13.0. The van der Waals surface area contributed by atoms with Crippen molar-refractivity contribution in [3.05, 3.63) is 28.0 Å². The minimum Gasteiger partial charge on any atom is -0.332 e. The van der Waals surface area contributed by atoms with E-state index in [1.54, 1.807) is 0 Å². The predicted molar refractivity (Wildman–Crippen MR) is 60.0 cm³/mol. The maximum Gasteiger partial charge on any atom is 0.185 e. The number of halogens is 3. The molecule has 3 nitrogen and oxygen atoms in total. The van der Waals surface area contributed by atoms with Gasteiger partial charge in [-0.3, -0.25) is 0 Å². The Morgan fingerprint density at radius 1 is 1.36 bits per heavy atom. The zero-order chi connectivity index (χ0) is 10.7. The Hall–Kier alpha value is -0.620. The van der Waals surface area contributed by atoms with E-state index in [4.69, 9.17) is 41.3 Å². The fraction of sp³-hybridized carbons (Fsp3) is 0. The number of hydrogen-bond acceptors (Lipinski definition) is 2. The van der Waals surface area contributed by atoms with Gasteiger partial charge in [-0.1, -0.05) is 23.2 Å². The van der Waals surface area contributed by atoms with Crippen LogP contribution in [0.1, 0.15) is 0 Å². The van der Waals surface area contributed by atoms with Crippen LogP contribution in [0.25, 0.3) is 0 Å². The highest BCUT2D eigenvalue weighted by Gasteiger charge is 2.07. The van der Waals surface area contributed by atoms with E-state index >= 15 is 0 Å². The lowest BCUT2D eigenvalue weighted by Crippen LogP contribution is -2.34. The van der Waals surface area contributed by atoms with E-state index in [1.165, 1.54) is 12.1 Å². The second-order valence-electron chi connectivity index (χ2n) is 2.35. The summed E-state index contributed by atoms with van der Waals surface area (Å²) in [5, 5.41) is 2.68. The maximum atomic E-state index is 13.0. The third-order valence-corrected chi connectivity index (χ3v) is 2.14. The number of nitrogens with one attached hydrogen (secondary N) is 2. The van der Waals surface area contributed by atoms with Gasteiger partial charge in [0.05, 0.1) is 10.0 Å². The molecule has 0 amide bonds. The van der Waals surface area contributed by atoms with Crippen molar-refractivity contribution >= 4 is 46.2 Å². The van der Waals surface area contributed by atoms with Crippen LogP contribution in [0.2, 0.25) is 10.0 Å². The summed E-state index contributed by atoms with van der Waals surface area (Å²) in [5.41, 5.74) is 2.67. The van der Waals surface area contributed by atoms with Gasteiger partial charge in [0.2, 0.25) is 0 Å². The topological polar surface area (TPSA) is 50.1 Å². The predicted octanol–water partition coefficient (Wildman–Crippen LogP) is 2.29. The van der Waals surface area contributed by atoms with E-state index in [9.17, 15) is 4.39 Å². The Morgan fingerprint density at radius 2 is 1.86 bits per heavy atom. The molecule has 0 fully saturated rings. The van der Waals surface area contributed by atoms with Crippen molar-refractivity contribution < 1.29 is 4.39 Å². The molecule has 0 spiro atoms. The van der Waals surface area contributed by atoms with Gasteiger partial charge in [0, 0.05) is 5.69 Å². The van der Waals surface area contributed by atoms with Crippen LogP contribution in [-0.2, 0) is 0 Å². The number of rotatable bonds is 1. The van der Waals surface area contributed by atoms with Crippen molar-refractivity contribution in [2.45, 2.75) is 0 Å². The number of benzene rings is 1. The molecule has 0 aliphatic heterocycles. The van der Waals surface area contributed by atoms with Gasteiger partial charge in [0.25, 0.3) is 0 Å². The average Bonchev–Trinajstić information content (AvgIpc) is 2.14. The maximum absolute atomic E-state index is 13.0. The van der Waals surface area contributed by atoms with Gasteiger partial charge in [-0.2, -0.15) is 0 Å². The minimum atomic E-state index is -0.662. The number of hydrazine groups is 1. The van der Waals surface area contributed by atoms with Crippen LogP contribution in [0.4, 0.5) is 10.1 Å². The number of thiocarbonyl (C=S) groups is 1. The molecule has 4 N–H and O–H groups in total. The van der Waals surface area contributed by atoms with Gasteiger partial charge in [0.1, 0.15) is 0 Å². The Balaban J connectivity index is 2.95. The van der Waals surface area contributed by atoms with Crippen LogP contribution in [-0.4, -0.2) is 5.11 Å². The monoisotopic (exact) mass is 253 g/mol. The van der Waals surface area contributed by atoms with E-state index in [1.807, 2.05) is 0 Å². The zero-order valence-electron chi connectivity index (χ0n) is 6.77. The molecule has 76 valence electrons. The average molecular weight is 254 g/mol. The van der Waals surface area contributed by atoms with Crippen LogP contribution >= 0.6 is 35.4 Å². The molecule has 1 aromatic rings. The largest absolute Gasteiger partial charge is 0.332 e. The second kappa shape index (κ2) is 4.75. The van der Waals surface area contributed by atoms with Gasteiger partial charge in [-0.05, 0) is 24.4 Å². The molecule has 0 saturated heterocycles. The third-order valence-electron chi connectivity index (χ3n) is 1.37. The first-order valence-electron chi connectivity index (χ1n) is 3.46. The minimum absolute atomic E-state index is 0.0835. The third kappa shape index (κ3) is 2.68. The molecule has 0 aliphatic carbocycles. The smallest absolute Gasteiger partial charge is 0.185 e. The van der Waals surface area contributed by atoms with Gasteiger partial charge < -0.3 is 10.7 Å². The lowest BCUT2D eigenvalue weighted by atomic mass is 10.3. The molecular weight excluding hydrogens is 248 g/mol. The van der Waals surface area contributed by atoms with Crippen LogP contribution < -0.4 is 16.6 Å². The fourth-order valence-corrected chi connectivity index (χ4v) is 1.40. The standard InChI is InChI=1S/C7H6Cl2FN3S/c8-4-1-3(12-7(14)13-11)2-5(9)6(4)10/h1-2H,11H2,(H2,12,13,14). The Bertz CT molecular complexity index is 349. The number of nitrogens with two attached hydrogens (primary N) is 1. The second-order valence-corrected chi connectivity index (χ2v) is 3.57. The molecule has 7 heteroatoms. The van der Waals surface area contributed by atoms with Gasteiger partial charge in [-0.25, -0.2) is 10.2 Å². The number of anilines is 1. The molecule has 0 bridgehead atoms. The SMILES string of the molecule is NNC(=S)Nc1cc(Cl)c(F)c(Cl)c1. The van der Waals surface area contributed by atoms with Crippen LogP contribution in [0.15, 0.2) is 12.1 Å². The van der Waals surface area contributed by atoms with Crippen molar-refractivity contribution in [3.63, 3.8) is 0 Å². The molecular formula is C7H6Cl2FN3S. The van der Waals surface area contributed by atoms with Crippen molar-refractivity contribution in [1.82, 2.24) is 5.43 Å². The Morgan fingerprint density at radius 3 is 2.29 bits per heavy atom. The summed E-state index contributed by atoms with van der Waals surface area (Å²) in [4.78, 5) is 0. The summed E-state index contributed by atoms with van der Waals surface area (Å²) in [6.45, 7) is 0. The van der Waals surface area contributed by atoms with Crippen molar-refractivity contribution in [2.24, 2.45) is 5.84 Å². The normalized spacial score (nSPS) is 9.71. The molecule has 1 aromatic carbocycles. The lowest BCUT2D eigenvalue weighted by molar-refractivity contribution is 0.629. The van der Waals surface area contributed by atoms with Crippen LogP contribution in [0, 0.1) is 5.82 Å². The van der Waals surface area contributed by atoms with Gasteiger partial charge >= 0.3 is 0 Å².